The van der Waals surface area contributed by atoms with Gasteiger partial charge in [-0.1, -0.05) is 34.1 Å². The number of rotatable bonds is 8. The number of nitrogens with one attached hydrogen (secondary N) is 1. The molecule has 0 heterocycles. The minimum atomic E-state index is -3.90. The number of aryl methyl sites for hydroxylation is 1. The molecule has 1 unspecified atom stereocenters. The molecule has 0 saturated carbocycles. The van der Waals surface area contributed by atoms with Crippen molar-refractivity contribution in [3.8, 4) is 11.5 Å². The van der Waals surface area contributed by atoms with Crippen LogP contribution in [0.15, 0.2) is 70.0 Å². The van der Waals surface area contributed by atoms with Crippen LogP contribution in [0.3, 0.4) is 0 Å². The van der Waals surface area contributed by atoms with Crippen molar-refractivity contribution in [3.63, 3.8) is 0 Å². The largest absolute Gasteiger partial charge is 0.497 e. The molecule has 0 aromatic heterocycles. The lowest BCUT2D eigenvalue weighted by Crippen LogP contribution is -2.34. The van der Waals surface area contributed by atoms with E-state index >= 15 is 0 Å². The van der Waals surface area contributed by atoms with Crippen LogP contribution in [-0.4, -0.2) is 40.5 Å². The monoisotopic (exact) mass is 572 g/mol. The predicted molar refractivity (Wildman–Crippen MR) is 143 cm³/mol. The summed E-state index contributed by atoms with van der Waals surface area (Å²) in [6.45, 7) is 0. The summed E-state index contributed by atoms with van der Waals surface area (Å²) in [4.78, 5) is 15.0. The molecule has 36 heavy (non-hydrogen) atoms. The third kappa shape index (κ3) is 5.68. The minimum Gasteiger partial charge on any atom is -0.497 e. The fraction of sp³-hybridized carbons (Fsp3) is 0.296. The summed E-state index contributed by atoms with van der Waals surface area (Å²) in [5, 5.41) is 0. The van der Waals surface area contributed by atoms with Crippen LogP contribution in [-0.2, 0) is 27.7 Å². The molecule has 0 fully saturated rings. The molecule has 1 aliphatic rings. The molecule has 0 saturated heterocycles. The minimum absolute atomic E-state index is 0.00837. The Morgan fingerprint density at radius 3 is 2.64 bits per heavy atom. The Bertz CT molecular complexity index is 1380. The van der Waals surface area contributed by atoms with Gasteiger partial charge in [-0.25, -0.2) is 8.42 Å². The number of anilines is 1. The molecule has 0 bridgehead atoms. The van der Waals surface area contributed by atoms with Gasteiger partial charge >= 0.3 is 0 Å². The lowest BCUT2D eigenvalue weighted by atomic mass is 9.86. The van der Waals surface area contributed by atoms with Crippen molar-refractivity contribution in [1.29, 1.82) is 0 Å². The second-order valence-electron chi connectivity index (χ2n) is 8.76. The molecule has 0 aliphatic heterocycles. The average Bonchev–Trinajstić information content (AvgIpc) is 2.87. The van der Waals surface area contributed by atoms with Gasteiger partial charge in [-0.05, 0) is 78.4 Å². The van der Waals surface area contributed by atoms with E-state index < -0.39 is 10.0 Å². The molecular formula is C27H29BrN2O5S. The van der Waals surface area contributed by atoms with Gasteiger partial charge in [0.25, 0.3) is 10.0 Å². The first-order chi connectivity index (χ1) is 17.2. The van der Waals surface area contributed by atoms with Crippen molar-refractivity contribution in [1.82, 2.24) is 4.90 Å². The van der Waals surface area contributed by atoms with Gasteiger partial charge in [0.2, 0.25) is 5.91 Å². The van der Waals surface area contributed by atoms with Gasteiger partial charge in [-0.3, -0.25) is 9.52 Å². The Morgan fingerprint density at radius 1 is 1.08 bits per heavy atom. The first-order valence-corrected chi connectivity index (χ1v) is 13.9. The predicted octanol–water partition coefficient (Wildman–Crippen LogP) is 5.35. The Morgan fingerprint density at radius 2 is 1.89 bits per heavy atom. The summed E-state index contributed by atoms with van der Waals surface area (Å²) in [6.07, 6.45) is 2.91. The van der Waals surface area contributed by atoms with E-state index in [2.05, 4.69) is 20.7 Å². The van der Waals surface area contributed by atoms with E-state index in [-0.39, 0.29) is 29.0 Å². The first kappa shape index (κ1) is 26.0. The van der Waals surface area contributed by atoms with Gasteiger partial charge in [-0.15, -0.1) is 0 Å². The zero-order valence-electron chi connectivity index (χ0n) is 20.5. The number of nitrogens with zero attached hydrogens (tertiary/aromatic N) is 1. The van der Waals surface area contributed by atoms with E-state index in [9.17, 15) is 13.2 Å². The SMILES string of the molecule is COc1cccc(CC(=O)N(C)C2CCCc3ccc(NS(=O)(=O)c4cc(Br)ccc4OC)cc32)c1. The molecule has 1 aliphatic carbocycles. The van der Waals surface area contributed by atoms with Gasteiger partial charge in [0.1, 0.15) is 16.4 Å². The van der Waals surface area contributed by atoms with Crippen LogP contribution in [0.2, 0.25) is 0 Å². The highest BCUT2D eigenvalue weighted by Gasteiger charge is 2.28. The smallest absolute Gasteiger partial charge is 0.265 e. The van der Waals surface area contributed by atoms with Crippen LogP contribution in [0.25, 0.3) is 0 Å². The van der Waals surface area contributed by atoms with E-state index in [1.165, 1.54) is 13.2 Å². The molecule has 7 nitrogen and oxygen atoms in total. The van der Waals surface area contributed by atoms with E-state index in [0.29, 0.717) is 15.9 Å². The van der Waals surface area contributed by atoms with Crippen LogP contribution in [0.4, 0.5) is 5.69 Å². The highest BCUT2D eigenvalue weighted by atomic mass is 79.9. The summed E-state index contributed by atoms with van der Waals surface area (Å²) in [6, 6.07) is 17.7. The Kier molecular flexibility index (Phi) is 7.90. The van der Waals surface area contributed by atoms with Crippen molar-refractivity contribution < 1.29 is 22.7 Å². The fourth-order valence-electron chi connectivity index (χ4n) is 4.57. The quantitative estimate of drug-likeness (QED) is 0.393. The lowest BCUT2D eigenvalue weighted by molar-refractivity contribution is -0.131. The molecule has 1 N–H and O–H groups in total. The number of benzene rings is 3. The fourth-order valence-corrected chi connectivity index (χ4v) is 6.32. The average molecular weight is 574 g/mol. The van der Waals surface area contributed by atoms with E-state index in [1.54, 1.807) is 30.2 Å². The van der Waals surface area contributed by atoms with Crippen molar-refractivity contribution in [2.24, 2.45) is 0 Å². The zero-order valence-corrected chi connectivity index (χ0v) is 22.9. The molecule has 1 amide bonds. The first-order valence-electron chi connectivity index (χ1n) is 11.6. The van der Waals surface area contributed by atoms with Crippen LogP contribution in [0.1, 0.15) is 35.6 Å². The number of amides is 1. The second kappa shape index (κ2) is 10.9. The number of likely N-dealkylation sites (N-methyl/N-ethyl adjacent to an activating group) is 1. The van der Waals surface area contributed by atoms with Crippen molar-refractivity contribution >= 4 is 37.5 Å². The topological polar surface area (TPSA) is 84.9 Å². The standard InChI is InChI=1S/C27H29BrN2O5S/c1-30(27(31)15-18-6-4-8-22(14-18)34-2)24-9-5-7-19-10-12-21(17-23(19)24)29-36(32,33)26-16-20(28)11-13-25(26)35-3/h4,6,8,10-14,16-17,24,29H,5,7,9,15H2,1-3H3. The van der Waals surface area contributed by atoms with Crippen LogP contribution in [0.5, 0.6) is 11.5 Å². The number of carbonyl (C=O) groups excluding carboxylic acids is 1. The Balaban J connectivity index is 1.58. The number of hydrogen-bond acceptors (Lipinski definition) is 5. The summed E-state index contributed by atoms with van der Waals surface area (Å²) in [5.41, 5.74) is 3.41. The number of halogens is 1. The molecule has 1 atom stereocenters. The summed E-state index contributed by atoms with van der Waals surface area (Å²) in [7, 11) is 0.943. The molecule has 3 aromatic rings. The van der Waals surface area contributed by atoms with Crippen molar-refractivity contribution in [2.75, 3.05) is 26.0 Å². The number of hydrogen-bond donors (Lipinski definition) is 1. The summed E-state index contributed by atoms with van der Waals surface area (Å²) >= 11 is 3.33. The number of fused-ring (bicyclic) bond motifs is 1. The lowest BCUT2D eigenvalue weighted by Gasteiger charge is -2.34. The highest BCUT2D eigenvalue weighted by molar-refractivity contribution is 9.10. The van der Waals surface area contributed by atoms with E-state index in [0.717, 1.165) is 36.0 Å². The third-order valence-electron chi connectivity index (χ3n) is 6.45. The van der Waals surface area contributed by atoms with Gasteiger partial charge in [0, 0.05) is 17.2 Å². The molecule has 190 valence electrons. The van der Waals surface area contributed by atoms with Crippen LogP contribution < -0.4 is 14.2 Å². The normalized spacial score (nSPS) is 15.1. The molecule has 9 heteroatoms. The van der Waals surface area contributed by atoms with Gasteiger partial charge < -0.3 is 14.4 Å². The molecule has 0 radical (unpaired) electrons. The maximum absolute atomic E-state index is 13.2. The van der Waals surface area contributed by atoms with Gasteiger partial charge in [0.05, 0.1) is 26.7 Å². The molecule has 3 aromatic carbocycles. The third-order valence-corrected chi connectivity index (χ3v) is 8.34. The van der Waals surface area contributed by atoms with Crippen molar-refractivity contribution in [3.05, 3.63) is 81.8 Å². The second-order valence-corrected chi connectivity index (χ2v) is 11.3. The Labute approximate surface area is 220 Å². The zero-order chi connectivity index (χ0) is 25.9. The number of methoxy groups -OCH3 is 2. The van der Waals surface area contributed by atoms with Crippen molar-refractivity contribution in [2.45, 2.75) is 36.6 Å². The molecule has 0 spiro atoms. The maximum atomic E-state index is 13.2. The number of ether oxygens (including phenoxy) is 2. The molecular weight excluding hydrogens is 544 g/mol. The highest BCUT2D eigenvalue weighted by Crippen LogP contribution is 2.37. The van der Waals surface area contributed by atoms with Gasteiger partial charge in [-0.2, -0.15) is 0 Å². The number of sulfonamides is 1. The molecule has 4 rings (SSSR count). The summed E-state index contributed by atoms with van der Waals surface area (Å²) in [5.74, 6) is 0.959. The van der Waals surface area contributed by atoms with Gasteiger partial charge in [0.15, 0.2) is 0 Å². The van der Waals surface area contributed by atoms with Crippen LogP contribution >= 0.6 is 15.9 Å². The number of carbonyl (C=O) groups is 1. The van der Waals surface area contributed by atoms with E-state index in [4.69, 9.17) is 9.47 Å². The maximum Gasteiger partial charge on any atom is 0.265 e. The Hall–Kier alpha value is -3.04. The van der Waals surface area contributed by atoms with Crippen LogP contribution in [0, 0.1) is 0 Å². The van der Waals surface area contributed by atoms with E-state index in [1.807, 2.05) is 43.4 Å². The summed E-state index contributed by atoms with van der Waals surface area (Å²) < 4.78 is 40.2.